The molecule has 0 fully saturated rings. The first-order valence-electron chi connectivity index (χ1n) is 7.26. The maximum absolute atomic E-state index is 9.51. The van der Waals surface area contributed by atoms with E-state index in [1.54, 1.807) is 12.1 Å². The number of phenolic OH excluding ortho intramolecular Hbond substituents is 1. The molecule has 0 atom stereocenters. The molecule has 4 nitrogen and oxygen atoms in total. The molecule has 0 saturated carbocycles. The Kier molecular flexibility index (Phi) is 3.92. The van der Waals surface area contributed by atoms with Crippen LogP contribution in [0.3, 0.4) is 0 Å². The first kappa shape index (κ1) is 14.3. The third kappa shape index (κ3) is 3.01. The second-order valence-electron chi connectivity index (χ2n) is 5.06. The molecule has 0 saturated heterocycles. The van der Waals surface area contributed by atoms with Gasteiger partial charge >= 0.3 is 0 Å². The third-order valence-electron chi connectivity index (χ3n) is 3.43. The molecule has 1 aliphatic heterocycles. The predicted molar refractivity (Wildman–Crippen MR) is 83.4 cm³/mol. The standard InChI is InChI=1S/C18H18O4/c1-3-20-15-6-8-16(9-7-15)22-17-10-13-4-5-14(19)11-18(13)21-12(17)2/h4-9,11,19H,3,10H2,1-2H3. The third-order valence-corrected chi connectivity index (χ3v) is 3.43. The number of hydrogen-bond acceptors (Lipinski definition) is 4. The van der Waals surface area contributed by atoms with Crippen molar-refractivity contribution < 1.29 is 19.3 Å². The van der Waals surface area contributed by atoms with Gasteiger partial charge < -0.3 is 19.3 Å². The lowest BCUT2D eigenvalue weighted by molar-refractivity contribution is 0.318. The normalized spacial score (nSPS) is 13.4. The summed E-state index contributed by atoms with van der Waals surface area (Å²) in [7, 11) is 0. The lowest BCUT2D eigenvalue weighted by Crippen LogP contribution is -2.12. The van der Waals surface area contributed by atoms with Crippen LogP contribution in [-0.4, -0.2) is 11.7 Å². The average Bonchev–Trinajstić information content (AvgIpc) is 2.50. The van der Waals surface area contributed by atoms with E-state index in [0.29, 0.717) is 24.5 Å². The van der Waals surface area contributed by atoms with Crippen molar-refractivity contribution in [3.05, 3.63) is 59.5 Å². The summed E-state index contributed by atoms with van der Waals surface area (Å²) in [6.45, 7) is 4.45. The molecule has 2 aromatic carbocycles. The predicted octanol–water partition coefficient (Wildman–Crippen LogP) is 4.04. The summed E-state index contributed by atoms with van der Waals surface area (Å²) < 4.78 is 17.1. The van der Waals surface area contributed by atoms with E-state index in [9.17, 15) is 5.11 Å². The van der Waals surface area contributed by atoms with Gasteiger partial charge in [0.1, 0.15) is 34.5 Å². The van der Waals surface area contributed by atoms with Crippen molar-refractivity contribution in [1.29, 1.82) is 0 Å². The second kappa shape index (κ2) is 6.02. The van der Waals surface area contributed by atoms with Gasteiger partial charge in [-0.1, -0.05) is 6.07 Å². The van der Waals surface area contributed by atoms with Crippen molar-refractivity contribution >= 4 is 0 Å². The number of fused-ring (bicyclic) bond motifs is 1. The van der Waals surface area contributed by atoms with Crippen LogP contribution in [-0.2, 0) is 6.42 Å². The smallest absolute Gasteiger partial charge is 0.146 e. The van der Waals surface area contributed by atoms with Gasteiger partial charge in [0.2, 0.25) is 0 Å². The Morgan fingerprint density at radius 3 is 2.55 bits per heavy atom. The van der Waals surface area contributed by atoms with E-state index < -0.39 is 0 Å². The number of phenols is 1. The lowest BCUT2D eigenvalue weighted by Gasteiger charge is -2.22. The van der Waals surface area contributed by atoms with Crippen LogP contribution < -0.4 is 14.2 Å². The zero-order valence-corrected chi connectivity index (χ0v) is 12.6. The fraction of sp³-hybridized carbons (Fsp3) is 0.222. The molecule has 0 aromatic heterocycles. The minimum atomic E-state index is 0.197. The van der Waals surface area contributed by atoms with E-state index in [0.717, 1.165) is 22.8 Å². The number of aromatic hydroxyl groups is 1. The van der Waals surface area contributed by atoms with Crippen LogP contribution in [0.4, 0.5) is 0 Å². The van der Waals surface area contributed by atoms with Crippen LogP contribution in [0.2, 0.25) is 0 Å². The summed E-state index contributed by atoms with van der Waals surface area (Å²) in [4.78, 5) is 0. The van der Waals surface area contributed by atoms with Crippen molar-refractivity contribution in [2.45, 2.75) is 20.3 Å². The van der Waals surface area contributed by atoms with Gasteiger partial charge in [0.15, 0.2) is 0 Å². The van der Waals surface area contributed by atoms with E-state index >= 15 is 0 Å². The van der Waals surface area contributed by atoms with Crippen LogP contribution >= 0.6 is 0 Å². The molecule has 3 rings (SSSR count). The highest BCUT2D eigenvalue weighted by Crippen LogP contribution is 2.33. The molecular weight excluding hydrogens is 280 g/mol. The van der Waals surface area contributed by atoms with Crippen LogP contribution in [0.1, 0.15) is 19.4 Å². The van der Waals surface area contributed by atoms with Gasteiger partial charge in [0, 0.05) is 18.1 Å². The van der Waals surface area contributed by atoms with Crippen molar-refractivity contribution in [3.63, 3.8) is 0 Å². The number of benzene rings is 2. The monoisotopic (exact) mass is 298 g/mol. The Hall–Kier alpha value is -2.62. The van der Waals surface area contributed by atoms with Gasteiger partial charge in [-0.25, -0.2) is 0 Å². The molecule has 4 heteroatoms. The molecular formula is C18H18O4. The fourth-order valence-electron chi connectivity index (χ4n) is 2.32. The molecule has 0 aliphatic carbocycles. The summed E-state index contributed by atoms with van der Waals surface area (Å²) >= 11 is 0. The van der Waals surface area contributed by atoms with E-state index in [-0.39, 0.29) is 5.75 Å². The Balaban J connectivity index is 1.76. The molecule has 0 radical (unpaired) electrons. The van der Waals surface area contributed by atoms with E-state index in [2.05, 4.69) is 0 Å². The summed E-state index contributed by atoms with van der Waals surface area (Å²) in [6.07, 6.45) is 0.634. The molecule has 0 bridgehead atoms. The molecule has 0 unspecified atom stereocenters. The largest absolute Gasteiger partial charge is 0.508 e. The van der Waals surface area contributed by atoms with Gasteiger partial charge in [0.05, 0.1) is 6.61 Å². The SMILES string of the molecule is CCOc1ccc(OC2=C(C)Oc3cc(O)ccc3C2)cc1. The molecule has 2 aromatic rings. The number of ether oxygens (including phenoxy) is 3. The Bertz CT molecular complexity index is 702. The van der Waals surface area contributed by atoms with Crippen molar-refractivity contribution in [3.8, 4) is 23.0 Å². The number of rotatable bonds is 4. The summed E-state index contributed by atoms with van der Waals surface area (Å²) in [5, 5.41) is 9.51. The second-order valence-corrected chi connectivity index (χ2v) is 5.06. The van der Waals surface area contributed by atoms with Crippen LogP contribution in [0.25, 0.3) is 0 Å². The lowest BCUT2D eigenvalue weighted by atomic mass is 10.1. The summed E-state index contributed by atoms with van der Waals surface area (Å²) in [5.74, 6) is 3.90. The molecule has 1 heterocycles. The Morgan fingerprint density at radius 2 is 1.82 bits per heavy atom. The molecule has 22 heavy (non-hydrogen) atoms. The zero-order valence-electron chi connectivity index (χ0n) is 12.6. The van der Waals surface area contributed by atoms with E-state index in [1.165, 1.54) is 0 Å². The first-order valence-corrected chi connectivity index (χ1v) is 7.26. The van der Waals surface area contributed by atoms with Crippen LogP contribution in [0.5, 0.6) is 23.0 Å². The molecule has 1 aliphatic rings. The molecule has 1 N–H and O–H groups in total. The molecule has 0 amide bonds. The van der Waals surface area contributed by atoms with Crippen molar-refractivity contribution in [2.24, 2.45) is 0 Å². The minimum absolute atomic E-state index is 0.197. The van der Waals surface area contributed by atoms with Gasteiger partial charge in [-0.15, -0.1) is 0 Å². The van der Waals surface area contributed by atoms with Crippen molar-refractivity contribution in [1.82, 2.24) is 0 Å². The van der Waals surface area contributed by atoms with Gasteiger partial charge in [0.25, 0.3) is 0 Å². The highest BCUT2D eigenvalue weighted by Gasteiger charge is 2.19. The van der Waals surface area contributed by atoms with E-state index in [4.69, 9.17) is 14.2 Å². The highest BCUT2D eigenvalue weighted by atomic mass is 16.5. The molecule has 114 valence electrons. The highest BCUT2D eigenvalue weighted by molar-refractivity contribution is 5.45. The zero-order chi connectivity index (χ0) is 15.5. The van der Waals surface area contributed by atoms with E-state index in [1.807, 2.05) is 44.2 Å². The number of allylic oxidation sites excluding steroid dienone is 2. The van der Waals surface area contributed by atoms with Gasteiger partial charge in [-0.05, 0) is 44.2 Å². The first-order chi connectivity index (χ1) is 10.7. The van der Waals surface area contributed by atoms with Gasteiger partial charge in [-0.3, -0.25) is 0 Å². The maximum Gasteiger partial charge on any atom is 0.146 e. The quantitative estimate of drug-likeness (QED) is 0.925. The summed E-state index contributed by atoms with van der Waals surface area (Å²) in [5.41, 5.74) is 0.990. The topological polar surface area (TPSA) is 47.9 Å². The van der Waals surface area contributed by atoms with Crippen LogP contribution in [0, 0.1) is 0 Å². The maximum atomic E-state index is 9.51. The summed E-state index contributed by atoms with van der Waals surface area (Å²) in [6, 6.07) is 12.6. The molecule has 0 spiro atoms. The Morgan fingerprint density at radius 1 is 1.09 bits per heavy atom. The fourth-order valence-corrected chi connectivity index (χ4v) is 2.32. The Labute approximate surface area is 129 Å². The van der Waals surface area contributed by atoms with Crippen molar-refractivity contribution in [2.75, 3.05) is 6.61 Å². The van der Waals surface area contributed by atoms with Crippen LogP contribution in [0.15, 0.2) is 54.0 Å². The average molecular weight is 298 g/mol. The van der Waals surface area contributed by atoms with Gasteiger partial charge in [-0.2, -0.15) is 0 Å². The minimum Gasteiger partial charge on any atom is -0.508 e. The number of hydrogen-bond donors (Lipinski definition) is 1.